The molecule has 4 rings (SSSR count). The number of pyridine rings is 2. The van der Waals surface area contributed by atoms with Gasteiger partial charge >= 0.3 is 0 Å². The predicted octanol–water partition coefficient (Wildman–Crippen LogP) is 5.94. The number of aromatic nitrogens is 2. The fourth-order valence-corrected chi connectivity index (χ4v) is 3.55. The quantitative estimate of drug-likeness (QED) is 0.398. The Morgan fingerprint density at radius 1 is 0.667 bits per heavy atom. The van der Waals surface area contributed by atoms with Crippen LogP contribution in [0.25, 0.3) is 22.5 Å². The molecule has 0 aliphatic rings. The number of carbonyl (C=O) groups is 1. The normalized spacial score (nSPS) is 10.8. The second kappa shape index (κ2) is 7.95. The zero-order valence-corrected chi connectivity index (χ0v) is 16.5. The van der Waals surface area contributed by atoms with Crippen LogP contribution in [0.1, 0.15) is 27.0 Å². The lowest BCUT2D eigenvalue weighted by atomic mass is 9.90. The van der Waals surface area contributed by atoms with Crippen LogP contribution >= 0.6 is 0 Å². The molecular formula is C25H18F2N2O. The van der Waals surface area contributed by atoms with Gasteiger partial charge in [-0.05, 0) is 49.2 Å². The van der Waals surface area contributed by atoms with Gasteiger partial charge in [0.05, 0.1) is 11.4 Å². The molecule has 0 atom stereocenters. The molecule has 3 nitrogen and oxygen atoms in total. The maximum atomic E-state index is 14.9. The van der Waals surface area contributed by atoms with Crippen LogP contribution < -0.4 is 0 Å². The summed E-state index contributed by atoms with van der Waals surface area (Å²) in [6.45, 7) is 3.60. The highest BCUT2D eigenvalue weighted by Crippen LogP contribution is 2.33. The van der Waals surface area contributed by atoms with Crippen molar-refractivity contribution in [1.29, 1.82) is 0 Å². The van der Waals surface area contributed by atoms with E-state index in [0.717, 1.165) is 11.1 Å². The zero-order chi connectivity index (χ0) is 21.3. The van der Waals surface area contributed by atoms with Crippen molar-refractivity contribution in [2.45, 2.75) is 13.8 Å². The van der Waals surface area contributed by atoms with Gasteiger partial charge in [-0.3, -0.25) is 14.8 Å². The lowest BCUT2D eigenvalue weighted by molar-refractivity contribution is 0.103. The van der Waals surface area contributed by atoms with Gasteiger partial charge in [0.2, 0.25) is 0 Å². The van der Waals surface area contributed by atoms with E-state index >= 15 is 0 Å². The molecular weight excluding hydrogens is 382 g/mol. The Labute approximate surface area is 173 Å². The fraction of sp³-hybridized carbons (Fsp3) is 0.0800. The second-order valence-electron chi connectivity index (χ2n) is 6.99. The van der Waals surface area contributed by atoms with E-state index in [9.17, 15) is 13.6 Å². The minimum absolute atomic E-state index is 0.105. The van der Waals surface area contributed by atoms with Gasteiger partial charge in [-0.25, -0.2) is 8.78 Å². The van der Waals surface area contributed by atoms with Crippen LogP contribution in [-0.2, 0) is 0 Å². The van der Waals surface area contributed by atoms with Crippen LogP contribution in [0.2, 0.25) is 0 Å². The van der Waals surface area contributed by atoms with Crippen molar-refractivity contribution in [3.05, 3.63) is 107 Å². The van der Waals surface area contributed by atoms with E-state index in [4.69, 9.17) is 0 Å². The highest BCUT2D eigenvalue weighted by Gasteiger charge is 2.25. The topological polar surface area (TPSA) is 42.9 Å². The lowest BCUT2D eigenvalue weighted by Gasteiger charge is -2.15. The highest BCUT2D eigenvalue weighted by molar-refractivity contribution is 6.16. The number of aryl methyl sites for hydroxylation is 2. The van der Waals surface area contributed by atoms with E-state index < -0.39 is 17.4 Å². The van der Waals surface area contributed by atoms with E-state index in [0.29, 0.717) is 11.4 Å². The molecule has 0 unspecified atom stereocenters. The minimum atomic E-state index is -0.561. The number of halogens is 2. The van der Waals surface area contributed by atoms with Crippen LogP contribution in [0.5, 0.6) is 0 Å². The van der Waals surface area contributed by atoms with Crippen LogP contribution in [0.4, 0.5) is 8.78 Å². The van der Waals surface area contributed by atoms with Crippen molar-refractivity contribution in [3.8, 4) is 22.5 Å². The molecule has 0 aliphatic heterocycles. The Kier molecular flexibility index (Phi) is 5.19. The Balaban J connectivity index is 1.96. The van der Waals surface area contributed by atoms with E-state index in [1.165, 1.54) is 36.4 Å². The van der Waals surface area contributed by atoms with E-state index in [1.54, 1.807) is 50.5 Å². The van der Waals surface area contributed by atoms with Crippen molar-refractivity contribution in [2.24, 2.45) is 0 Å². The monoisotopic (exact) mass is 400 g/mol. The average Bonchev–Trinajstić information content (AvgIpc) is 2.74. The van der Waals surface area contributed by atoms with E-state index in [2.05, 4.69) is 9.97 Å². The first kappa shape index (κ1) is 19.6. The molecule has 2 aromatic carbocycles. The van der Waals surface area contributed by atoms with Gasteiger partial charge in [0, 0.05) is 34.6 Å². The van der Waals surface area contributed by atoms with Crippen LogP contribution in [0.15, 0.2) is 73.1 Å². The molecule has 0 radical (unpaired) electrons. The van der Waals surface area contributed by atoms with Gasteiger partial charge in [-0.2, -0.15) is 0 Å². The van der Waals surface area contributed by atoms with Gasteiger partial charge in [-0.15, -0.1) is 0 Å². The molecule has 0 aliphatic carbocycles. The summed E-state index contributed by atoms with van der Waals surface area (Å²) in [6.07, 6.45) is 3.10. The molecule has 148 valence electrons. The summed E-state index contributed by atoms with van der Waals surface area (Å²) in [4.78, 5) is 22.1. The van der Waals surface area contributed by atoms with Crippen molar-refractivity contribution in [3.63, 3.8) is 0 Å². The minimum Gasteiger partial charge on any atom is -0.289 e. The smallest absolute Gasteiger partial charge is 0.194 e. The number of hydrogen-bond acceptors (Lipinski definition) is 3. The van der Waals surface area contributed by atoms with E-state index in [1.807, 2.05) is 0 Å². The van der Waals surface area contributed by atoms with Crippen molar-refractivity contribution >= 4 is 5.78 Å². The highest BCUT2D eigenvalue weighted by atomic mass is 19.1. The number of carbonyl (C=O) groups excluding carboxylic acids is 1. The first-order valence-corrected chi connectivity index (χ1v) is 9.44. The lowest BCUT2D eigenvalue weighted by Crippen LogP contribution is -2.09. The summed E-state index contributed by atoms with van der Waals surface area (Å²) in [6, 6.07) is 15.7. The molecule has 0 saturated carbocycles. The van der Waals surface area contributed by atoms with Gasteiger partial charge in [0.15, 0.2) is 5.78 Å². The number of nitrogens with zero attached hydrogens (tertiary/aromatic N) is 2. The number of ketones is 1. The van der Waals surface area contributed by atoms with Gasteiger partial charge in [0.1, 0.15) is 11.6 Å². The molecule has 2 aromatic heterocycles. The molecule has 4 aromatic rings. The third kappa shape index (κ3) is 3.39. The Hall–Kier alpha value is -3.73. The van der Waals surface area contributed by atoms with Crippen LogP contribution in [0.3, 0.4) is 0 Å². The standard InChI is InChI=1S/C25H18F2N2O/c1-15-7-5-13-28-23(15)21-17(9-3-11-19(21)26)25(30)18-10-4-12-20(27)22(18)24-16(2)8-6-14-29-24/h3-14H,1-2H3. The van der Waals surface area contributed by atoms with Gasteiger partial charge in [0.25, 0.3) is 0 Å². The number of benzene rings is 2. The first-order chi connectivity index (χ1) is 14.5. The summed E-state index contributed by atoms with van der Waals surface area (Å²) in [5.74, 6) is -1.61. The summed E-state index contributed by atoms with van der Waals surface area (Å²) in [7, 11) is 0. The average molecular weight is 400 g/mol. The molecule has 0 saturated heterocycles. The van der Waals surface area contributed by atoms with Crippen molar-refractivity contribution in [1.82, 2.24) is 9.97 Å². The molecule has 0 spiro atoms. The molecule has 5 heteroatoms. The zero-order valence-electron chi connectivity index (χ0n) is 16.5. The van der Waals surface area contributed by atoms with Gasteiger partial charge in [-0.1, -0.05) is 36.4 Å². The third-order valence-electron chi connectivity index (χ3n) is 5.01. The third-order valence-corrected chi connectivity index (χ3v) is 5.01. The number of hydrogen-bond donors (Lipinski definition) is 0. The Morgan fingerprint density at radius 3 is 1.50 bits per heavy atom. The summed E-state index contributed by atoms with van der Waals surface area (Å²) in [5, 5.41) is 0. The van der Waals surface area contributed by atoms with Gasteiger partial charge < -0.3 is 0 Å². The maximum absolute atomic E-state index is 14.9. The van der Waals surface area contributed by atoms with E-state index in [-0.39, 0.29) is 22.3 Å². The summed E-state index contributed by atoms with van der Waals surface area (Å²) < 4.78 is 29.8. The number of rotatable bonds is 4. The van der Waals surface area contributed by atoms with Crippen LogP contribution in [0, 0.1) is 25.5 Å². The first-order valence-electron chi connectivity index (χ1n) is 9.44. The molecule has 2 heterocycles. The molecule has 0 amide bonds. The molecule has 30 heavy (non-hydrogen) atoms. The van der Waals surface area contributed by atoms with Crippen molar-refractivity contribution in [2.75, 3.05) is 0 Å². The molecule has 0 N–H and O–H groups in total. The Morgan fingerprint density at radius 2 is 1.10 bits per heavy atom. The molecule has 0 fully saturated rings. The SMILES string of the molecule is Cc1cccnc1-c1c(F)cccc1C(=O)c1cccc(F)c1-c1ncccc1C. The Bertz CT molecular complexity index is 1170. The molecule has 0 bridgehead atoms. The fourth-order valence-electron chi connectivity index (χ4n) is 3.55. The van der Waals surface area contributed by atoms with Crippen molar-refractivity contribution < 1.29 is 13.6 Å². The summed E-state index contributed by atoms with van der Waals surface area (Å²) >= 11 is 0. The maximum Gasteiger partial charge on any atom is 0.194 e. The largest absolute Gasteiger partial charge is 0.289 e. The predicted molar refractivity (Wildman–Crippen MR) is 112 cm³/mol. The second-order valence-corrected chi connectivity index (χ2v) is 6.99. The van der Waals surface area contributed by atoms with Crippen LogP contribution in [-0.4, -0.2) is 15.8 Å². The summed E-state index contributed by atoms with van der Waals surface area (Å²) in [5.41, 5.74) is 2.68.